The Balaban J connectivity index is 2.11. The van der Waals surface area contributed by atoms with Gasteiger partial charge in [0.2, 0.25) is 0 Å². The lowest BCUT2D eigenvalue weighted by Crippen LogP contribution is -2.47. The first kappa shape index (κ1) is 16.3. The van der Waals surface area contributed by atoms with E-state index < -0.39 is 10.2 Å². The number of rotatable bonds is 5. The molecule has 1 aliphatic rings. The molecule has 0 amide bonds. The second-order valence-electron chi connectivity index (χ2n) is 4.84. The number of hydrogen-bond acceptors (Lipinski definition) is 4. The first-order valence-electron chi connectivity index (χ1n) is 6.59. The Bertz CT molecular complexity index is 613. The number of ether oxygens (including phenoxy) is 1. The van der Waals surface area contributed by atoms with Crippen molar-refractivity contribution in [1.29, 1.82) is 0 Å². The van der Waals surface area contributed by atoms with E-state index in [1.165, 1.54) is 8.61 Å². The molecular weight excluding hydrogens is 310 g/mol. The van der Waals surface area contributed by atoms with Gasteiger partial charge in [0.15, 0.2) is 0 Å². The largest absolute Gasteiger partial charge is 0.389 e. The fourth-order valence-corrected chi connectivity index (χ4v) is 3.58. The van der Waals surface area contributed by atoms with Gasteiger partial charge in [-0.05, 0) is 11.6 Å². The molecule has 0 aromatic heterocycles. The Labute approximate surface area is 130 Å². The van der Waals surface area contributed by atoms with Crippen LogP contribution >= 0.6 is 12.2 Å². The molecule has 116 valence electrons. The number of nitrogens with two attached hydrogens (primary N) is 1. The van der Waals surface area contributed by atoms with Crippen LogP contribution in [0.15, 0.2) is 24.3 Å². The summed E-state index contributed by atoms with van der Waals surface area (Å²) in [6.45, 7) is 1.92. The molecule has 2 N–H and O–H groups in total. The molecule has 1 aliphatic heterocycles. The Hall–Kier alpha value is -1.06. The van der Waals surface area contributed by atoms with Gasteiger partial charge < -0.3 is 10.5 Å². The van der Waals surface area contributed by atoms with E-state index in [-0.39, 0.29) is 6.54 Å². The summed E-state index contributed by atoms with van der Waals surface area (Å²) in [7, 11) is -1.90. The van der Waals surface area contributed by atoms with E-state index in [4.69, 9.17) is 22.7 Å². The molecule has 1 saturated heterocycles. The van der Waals surface area contributed by atoms with Crippen LogP contribution in [0.5, 0.6) is 0 Å². The third kappa shape index (κ3) is 3.98. The smallest absolute Gasteiger partial charge is 0.282 e. The zero-order chi connectivity index (χ0) is 15.5. The highest BCUT2D eigenvalue weighted by molar-refractivity contribution is 7.86. The predicted octanol–water partition coefficient (Wildman–Crippen LogP) is 0.330. The molecule has 8 heteroatoms. The fourth-order valence-electron chi connectivity index (χ4n) is 2.14. The number of benzene rings is 1. The van der Waals surface area contributed by atoms with Crippen molar-refractivity contribution in [1.82, 2.24) is 8.61 Å². The van der Waals surface area contributed by atoms with Gasteiger partial charge in [-0.1, -0.05) is 30.4 Å². The monoisotopic (exact) mass is 329 g/mol. The topological polar surface area (TPSA) is 75.9 Å². The van der Waals surface area contributed by atoms with Gasteiger partial charge in [-0.15, -0.1) is 0 Å². The van der Waals surface area contributed by atoms with Crippen LogP contribution in [0.3, 0.4) is 0 Å². The average molecular weight is 329 g/mol. The zero-order valence-electron chi connectivity index (χ0n) is 11.9. The van der Waals surface area contributed by atoms with Crippen LogP contribution in [-0.2, 0) is 21.5 Å². The summed E-state index contributed by atoms with van der Waals surface area (Å²) >= 11 is 4.93. The van der Waals surface area contributed by atoms with Crippen molar-refractivity contribution >= 4 is 27.4 Å². The first-order chi connectivity index (χ1) is 9.91. The van der Waals surface area contributed by atoms with E-state index in [9.17, 15) is 8.42 Å². The maximum Gasteiger partial charge on any atom is 0.282 e. The number of nitrogens with zero attached hydrogens (tertiary/aromatic N) is 2. The van der Waals surface area contributed by atoms with E-state index in [1.807, 2.05) is 24.3 Å². The van der Waals surface area contributed by atoms with Gasteiger partial charge in [-0.3, -0.25) is 0 Å². The molecular formula is C13H19N3O3S2. The first-order valence-corrected chi connectivity index (χ1v) is 8.39. The minimum absolute atomic E-state index is 0.274. The van der Waals surface area contributed by atoms with Crippen molar-refractivity contribution in [2.75, 3.05) is 33.4 Å². The predicted molar refractivity (Wildman–Crippen MR) is 85.1 cm³/mol. The van der Waals surface area contributed by atoms with Crippen LogP contribution < -0.4 is 5.73 Å². The van der Waals surface area contributed by atoms with Gasteiger partial charge in [-0.25, -0.2) is 0 Å². The van der Waals surface area contributed by atoms with Gasteiger partial charge in [0.05, 0.1) is 13.2 Å². The van der Waals surface area contributed by atoms with Gasteiger partial charge in [0, 0.05) is 32.2 Å². The van der Waals surface area contributed by atoms with E-state index >= 15 is 0 Å². The molecule has 0 saturated carbocycles. The summed E-state index contributed by atoms with van der Waals surface area (Å²) in [5, 5.41) is 0. The molecule has 0 atom stereocenters. The third-order valence-electron chi connectivity index (χ3n) is 3.31. The molecule has 0 bridgehead atoms. The standard InChI is InChI=1S/C13H19N3O3S2/c1-15(21(17,18)16-5-7-19-8-6-16)10-11-3-2-4-12(9-11)13(14)20/h2-4,9H,5-8,10H2,1H3,(H2,14,20). The summed E-state index contributed by atoms with van der Waals surface area (Å²) in [6, 6.07) is 7.29. The summed E-state index contributed by atoms with van der Waals surface area (Å²) in [5.74, 6) is 0. The molecule has 0 spiro atoms. The Kier molecular flexibility index (Phi) is 5.28. The second kappa shape index (κ2) is 6.80. The lowest BCUT2D eigenvalue weighted by atomic mass is 10.1. The van der Waals surface area contributed by atoms with Crippen molar-refractivity contribution in [2.45, 2.75) is 6.54 Å². The van der Waals surface area contributed by atoms with Crippen LogP contribution in [-0.4, -0.2) is 55.4 Å². The zero-order valence-corrected chi connectivity index (χ0v) is 13.5. The van der Waals surface area contributed by atoms with Crippen LogP contribution in [0.4, 0.5) is 0 Å². The minimum atomic E-state index is -3.47. The fraction of sp³-hybridized carbons (Fsp3) is 0.462. The van der Waals surface area contributed by atoms with Gasteiger partial charge in [-0.2, -0.15) is 17.0 Å². The molecule has 0 unspecified atom stereocenters. The van der Waals surface area contributed by atoms with E-state index in [0.717, 1.165) is 11.1 Å². The molecule has 21 heavy (non-hydrogen) atoms. The third-order valence-corrected chi connectivity index (χ3v) is 5.48. The van der Waals surface area contributed by atoms with Crippen LogP contribution in [0, 0.1) is 0 Å². The highest BCUT2D eigenvalue weighted by Gasteiger charge is 2.28. The number of thiocarbonyl (C=S) groups is 1. The average Bonchev–Trinajstić information content (AvgIpc) is 2.48. The molecule has 6 nitrogen and oxygen atoms in total. The summed E-state index contributed by atoms with van der Waals surface area (Å²) < 4.78 is 32.9. The summed E-state index contributed by atoms with van der Waals surface area (Å²) in [6.07, 6.45) is 0. The van der Waals surface area contributed by atoms with E-state index in [0.29, 0.717) is 31.3 Å². The minimum Gasteiger partial charge on any atom is -0.389 e. The number of morpholine rings is 1. The van der Waals surface area contributed by atoms with Crippen molar-refractivity contribution in [2.24, 2.45) is 5.73 Å². The van der Waals surface area contributed by atoms with E-state index in [2.05, 4.69) is 0 Å². The molecule has 0 aliphatic carbocycles. The number of hydrogen-bond donors (Lipinski definition) is 1. The Morgan fingerprint density at radius 2 is 2.10 bits per heavy atom. The van der Waals surface area contributed by atoms with Crippen LogP contribution in [0.2, 0.25) is 0 Å². The van der Waals surface area contributed by atoms with Crippen LogP contribution in [0.25, 0.3) is 0 Å². The molecule has 1 aromatic carbocycles. The van der Waals surface area contributed by atoms with Gasteiger partial charge in [0.25, 0.3) is 10.2 Å². The van der Waals surface area contributed by atoms with Gasteiger partial charge in [0.1, 0.15) is 4.99 Å². The summed E-state index contributed by atoms with van der Waals surface area (Å²) in [5.41, 5.74) is 7.18. The van der Waals surface area contributed by atoms with E-state index in [1.54, 1.807) is 7.05 Å². The second-order valence-corrected chi connectivity index (χ2v) is 7.32. The molecule has 2 rings (SSSR count). The molecule has 1 aromatic rings. The molecule has 1 heterocycles. The molecule has 0 radical (unpaired) electrons. The van der Waals surface area contributed by atoms with Crippen molar-refractivity contribution in [3.63, 3.8) is 0 Å². The normalized spacial score (nSPS) is 17.0. The molecule has 1 fully saturated rings. The van der Waals surface area contributed by atoms with Gasteiger partial charge >= 0.3 is 0 Å². The van der Waals surface area contributed by atoms with Crippen LogP contribution in [0.1, 0.15) is 11.1 Å². The summed E-state index contributed by atoms with van der Waals surface area (Å²) in [4.78, 5) is 0.301. The van der Waals surface area contributed by atoms with Crippen molar-refractivity contribution < 1.29 is 13.2 Å². The highest BCUT2D eigenvalue weighted by Crippen LogP contribution is 2.14. The highest BCUT2D eigenvalue weighted by atomic mass is 32.2. The maximum atomic E-state index is 12.5. The Morgan fingerprint density at radius 3 is 2.71 bits per heavy atom. The quantitative estimate of drug-likeness (QED) is 0.788. The van der Waals surface area contributed by atoms with Crippen molar-refractivity contribution in [3.8, 4) is 0 Å². The maximum absolute atomic E-state index is 12.5. The SMILES string of the molecule is CN(Cc1cccc(C(N)=S)c1)S(=O)(=O)N1CCOCC1. The Morgan fingerprint density at radius 1 is 1.43 bits per heavy atom. The lowest BCUT2D eigenvalue weighted by molar-refractivity contribution is 0.0705. The van der Waals surface area contributed by atoms with Crippen molar-refractivity contribution in [3.05, 3.63) is 35.4 Å². The lowest BCUT2D eigenvalue weighted by Gasteiger charge is -2.30.